The van der Waals surface area contributed by atoms with Crippen molar-refractivity contribution in [3.8, 4) is 11.5 Å². The summed E-state index contributed by atoms with van der Waals surface area (Å²) in [6.07, 6.45) is 0.968. The Morgan fingerprint density at radius 3 is 2.16 bits per heavy atom. The third-order valence-electron chi connectivity index (χ3n) is 5.17. The van der Waals surface area contributed by atoms with Gasteiger partial charge in [-0.1, -0.05) is 6.07 Å². The summed E-state index contributed by atoms with van der Waals surface area (Å²) in [5.74, 6) is 1.35. The Hall–Kier alpha value is -3.10. The fourth-order valence-corrected chi connectivity index (χ4v) is 3.52. The summed E-state index contributed by atoms with van der Waals surface area (Å²) in [7, 11) is 0. The Balaban J connectivity index is 1.22. The molecule has 1 saturated heterocycles. The monoisotopic (exact) mass is 425 g/mol. The summed E-state index contributed by atoms with van der Waals surface area (Å²) in [5.41, 5.74) is 2.42. The highest BCUT2D eigenvalue weighted by molar-refractivity contribution is 5.93. The van der Waals surface area contributed by atoms with Crippen LogP contribution in [-0.4, -0.2) is 62.8 Å². The van der Waals surface area contributed by atoms with Gasteiger partial charge in [0.15, 0.2) is 11.5 Å². The van der Waals surface area contributed by atoms with Crippen LogP contribution in [0.3, 0.4) is 0 Å². The number of nitrogens with zero attached hydrogens (tertiary/aromatic N) is 1. The standard InChI is InChI=1S/C23H27N3O5/c27-22(8-2-17-1-7-20-21(15-17)31-14-13-30-20)24-18-3-5-19(6-4-18)25-23(28)16-26-9-11-29-12-10-26/h1,3-7,15H,2,8-14,16H2,(H,24,27)(H,25,28). The van der Waals surface area contributed by atoms with E-state index in [9.17, 15) is 9.59 Å². The SMILES string of the molecule is O=C(CCc1ccc2c(c1)OCCO2)Nc1ccc(NC(=O)CN2CCOCC2)cc1. The minimum absolute atomic E-state index is 0.0573. The zero-order valence-corrected chi connectivity index (χ0v) is 17.4. The number of ether oxygens (including phenoxy) is 3. The molecule has 4 rings (SSSR count). The van der Waals surface area contributed by atoms with E-state index in [4.69, 9.17) is 14.2 Å². The fraction of sp³-hybridized carbons (Fsp3) is 0.391. The molecule has 31 heavy (non-hydrogen) atoms. The number of rotatable bonds is 7. The molecule has 0 atom stereocenters. The molecule has 2 N–H and O–H groups in total. The maximum absolute atomic E-state index is 12.3. The second-order valence-electron chi connectivity index (χ2n) is 7.54. The van der Waals surface area contributed by atoms with Gasteiger partial charge >= 0.3 is 0 Å². The maximum atomic E-state index is 12.3. The number of anilines is 2. The summed E-state index contributed by atoms with van der Waals surface area (Å²) in [6, 6.07) is 12.9. The number of hydrogen-bond acceptors (Lipinski definition) is 6. The van der Waals surface area contributed by atoms with Crippen molar-refractivity contribution < 1.29 is 23.8 Å². The van der Waals surface area contributed by atoms with Gasteiger partial charge in [0.1, 0.15) is 13.2 Å². The van der Waals surface area contributed by atoms with Gasteiger partial charge in [-0.3, -0.25) is 14.5 Å². The molecule has 0 bridgehead atoms. The maximum Gasteiger partial charge on any atom is 0.238 e. The molecule has 0 radical (unpaired) electrons. The van der Waals surface area contributed by atoms with Crippen LogP contribution in [0.15, 0.2) is 42.5 Å². The number of benzene rings is 2. The lowest BCUT2D eigenvalue weighted by atomic mass is 10.1. The number of hydrogen-bond donors (Lipinski definition) is 2. The van der Waals surface area contributed by atoms with Gasteiger partial charge in [-0.25, -0.2) is 0 Å². The molecule has 0 spiro atoms. The highest BCUT2D eigenvalue weighted by Gasteiger charge is 2.15. The molecule has 8 nitrogen and oxygen atoms in total. The molecule has 1 fully saturated rings. The van der Waals surface area contributed by atoms with Gasteiger partial charge < -0.3 is 24.8 Å². The Bertz CT molecular complexity index is 910. The van der Waals surface area contributed by atoms with E-state index in [1.807, 2.05) is 18.2 Å². The van der Waals surface area contributed by atoms with Crippen LogP contribution in [0.1, 0.15) is 12.0 Å². The van der Waals surface area contributed by atoms with Gasteiger partial charge in [-0.05, 0) is 48.4 Å². The van der Waals surface area contributed by atoms with Gasteiger partial charge in [0.2, 0.25) is 11.8 Å². The van der Waals surface area contributed by atoms with Gasteiger partial charge in [-0.15, -0.1) is 0 Å². The van der Waals surface area contributed by atoms with Crippen LogP contribution in [0.2, 0.25) is 0 Å². The third-order valence-corrected chi connectivity index (χ3v) is 5.17. The van der Waals surface area contributed by atoms with Crippen LogP contribution in [-0.2, 0) is 20.7 Å². The summed E-state index contributed by atoms with van der Waals surface area (Å²) in [5, 5.41) is 5.78. The molecule has 2 aliphatic heterocycles. The first-order chi connectivity index (χ1) is 15.2. The molecule has 2 aromatic carbocycles. The smallest absolute Gasteiger partial charge is 0.238 e. The number of amides is 2. The van der Waals surface area contributed by atoms with E-state index in [1.54, 1.807) is 24.3 Å². The van der Waals surface area contributed by atoms with Gasteiger partial charge in [-0.2, -0.15) is 0 Å². The predicted octanol–water partition coefficient (Wildman–Crippen LogP) is 2.30. The number of nitrogens with one attached hydrogen (secondary N) is 2. The molecule has 0 unspecified atom stereocenters. The molecule has 0 aliphatic carbocycles. The van der Waals surface area contributed by atoms with Crippen LogP contribution < -0.4 is 20.1 Å². The van der Waals surface area contributed by atoms with Crippen LogP contribution in [0, 0.1) is 0 Å². The Labute approximate surface area is 181 Å². The molecule has 0 aromatic heterocycles. The molecule has 2 amide bonds. The van der Waals surface area contributed by atoms with Crippen LogP contribution in [0.4, 0.5) is 11.4 Å². The van der Waals surface area contributed by atoms with Gasteiger partial charge in [0.25, 0.3) is 0 Å². The molecule has 0 saturated carbocycles. The van der Waals surface area contributed by atoms with Gasteiger partial charge in [0.05, 0.1) is 19.8 Å². The van der Waals surface area contributed by atoms with E-state index in [-0.39, 0.29) is 11.8 Å². The summed E-state index contributed by atoms with van der Waals surface area (Å²) in [4.78, 5) is 26.5. The lowest BCUT2D eigenvalue weighted by Crippen LogP contribution is -2.41. The average molecular weight is 425 g/mol. The molecular weight excluding hydrogens is 398 g/mol. The van der Waals surface area contributed by atoms with Crippen molar-refractivity contribution in [1.82, 2.24) is 4.90 Å². The predicted molar refractivity (Wildman–Crippen MR) is 117 cm³/mol. The second-order valence-corrected chi connectivity index (χ2v) is 7.54. The molecular formula is C23H27N3O5. The minimum Gasteiger partial charge on any atom is -0.486 e. The Morgan fingerprint density at radius 2 is 1.45 bits per heavy atom. The lowest BCUT2D eigenvalue weighted by Gasteiger charge is -2.25. The van der Waals surface area contributed by atoms with Gasteiger partial charge in [0, 0.05) is 30.9 Å². The number of carbonyl (C=O) groups is 2. The largest absolute Gasteiger partial charge is 0.486 e. The summed E-state index contributed by atoms with van der Waals surface area (Å²) < 4.78 is 16.4. The Morgan fingerprint density at radius 1 is 0.806 bits per heavy atom. The molecule has 164 valence electrons. The van der Waals surface area contributed by atoms with Crippen LogP contribution in [0.5, 0.6) is 11.5 Å². The zero-order valence-electron chi connectivity index (χ0n) is 17.4. The molecule has 2 heterocycles. The number of carbonyl (C=O) groups excluding carboxylic acids is 2. The first-order valence-corrected chi connectivity index (χ1v) is 10.5. The first kappa shape index (κ1) is 21.1. The normalized spacial score (nSPS) is 15.9. The topological polar surface area (TPSA) is 89.1 Å². The van der Waals surface area contributed by atoms with Crippen LogP contribution >= 0.6 is 0 Å². The summed E-state index contributed by atoms with van der Waals surface area (Å²) >= 11 is 0. The Kier molecular flexibility index (Phi) is 7.01. The van der Waals surface area contributed by atoms with Crippen molar-refractivity contribution in [2.45, 2.75) is 12.8 Å². The van der Waals surface area contributed by atoms with Crippen molar-refractivity contribution in [2.24, 2.45) is 0 Å². The van der Waals surface area contributed by atoms with Crippen LogP contribution in [0.25, 0.3) is 0 Å². The minimum atomic E-state index is -0.0704. The lowest BCUT2D eigenvalue weighted by molar-refractivity contribution is -0.118. The van der Waals surface area contributed by atoms with E-state index in [1.165, 1.54) is 0 Å². The van der Waals surface area contributed by atoms with E-state index >= 15 is 0 Å². The van der Waals surface area contributed by atoms with Crippen molar-refractivity contribution in [3.63, 3.8) is 0 Å². The van der Waals surface area contributed by atoms with E-state index < -0.39 is 0 Å². The molecule has 2 aliphatic rings. The first-order valence-electron chi connectivity index (χ1n) is 10.5. The van der Waals surface area contributed by atoms with E-state index in [0.717, 1.165) is 30.2 Å². The third kappa shape index (κ3) is 6.19. The highest BCUT2D eigenvalue weighted by Crippen LogP contribution is 2.31. The second kappa shape index (κ2) is 10.3. The highest BCUT2D eigenvalue weighted by atomic mass is 16.6. The molecule has 2 aromatic rings. The number of fused-ring (bicyclic) bond motifs is 1. The fourth-order valence-electron chi connectivity index (χ4n) is 3.52. The van der Waals surface area contributed by atoms with Crippen molar-refractivity contribution in [2.75, 3.05) is 56.7 Å². The van der Waals surface area contributed by atoms with Crippen molar-refractivity contribution in [1.29, 1.82) is 0 Å². The van der Waals surface area contributed by atoms with Crippen molar-refractivity contribution >= 4 is 23.2 Å². The molecule has 8 heteroatoms. The number of morpholine rings is 1. The average Bonchev–Trinajstić information content (AvgIpc) is 2.79. The van der Waals surface area contributed by atoms with E-state index in [2.05, 4.69) is 15.5 Å². The number of aryl methyl sites for hydroxylation is 1. The quantitative estimate of drug-likeness (QED) is 0.708. The van der Waals surface area contributed by atoms with E-state index in [0.29, 0.717) is 57.2 Å². The van der Waals surface area contributed by atoms with Crippen molar-refractivity contribution in [3.05, 3.63) is 48.0 Å². The summed E-state index contributed by atoms with van der Waals surface area (Å²) in [6.45, 7) is 4.31. The zero-order chi connectivity index (χ0) is 21.5.